The molecule has 1 aliphatic rings. The molecule has 0 aromatic heterocycles. The van der Waals surface area contributed by atoms with E-state index in [-0.39, 0.29) is 31.0 Å². The molecule has 0 saturated carbocycles. The zero-order valence-corrected chi connectivity index (χ0v) is 23.3. The first-order valence-electron chi connectivity index (χ1n) is 13.2. The number of nitrogens with zero attached hydrogens (tertiary/aromatic N) is 2. The number of ether oxygens (including phenoxy) is 1. The molecule has 1 fully saturated rings. The molecule has 2 aromatic rings. The van der Waals surface area contributed by atoms with E-state index < -0.39 is 23.2 Å². The van der Waals surface area contributed by atoms with E-state index in [1.807, 2.05) is 13.8 Å². The van der Waals surface area contributed by atoms with E-state index >= 15 is 0 Å². The van der Waals surface area contributed by atoms with Crippen molar-refractivity contribution in [2.24, 2.45) is 5.92 Å². The van der Waals surface area contributed by atoms with E-state index in [1.165, 1.54) is 18.2 Å². The lowest BCUT2D eigenvalue weighted by Crippen LogP contribution is -2.57. The summed E-state index contributed by atoms with van der Waals surface area (Å²) in [6, 6.07) is 11.6. The Morgan fingerprint density at radius 1 is 1.10 bits per heavy atom. The molecule has 1 N–H and O–H groups in total. The van der Waals surface area contributed by atoms with Gasteiger partial charge in [-0.15, -0.1) is 0 Å². The van der Waals surface area contributed by atoms with Gasteiger partial charge in [0.1, 0.15) is 5.75 Å². The van der Waals surface area contributed by atoms with Gasteiger partial charge in [-0.25, -0.2) is 0 Å². The number of alkyl halides is 3. The van der Waals surface area contributed by atoms with Crippen LogP contribution >= 0.6 is 11.6 Å². The maximum Gasteiger partial charge on any atom is 0.430 e. The largest absolute Gasteiger partial charge is 0.494 e. The first-order chi connectivity index (χ1) is 18.4. The average molecular weight is 569 g/mol. The van der Waals surface area contributed by atoms with Crippen LogP contribution in [0.1, 0.15) is 61.9 Å². The molecular weight excluding hydrogens is 533 g/mol. The summed E-state index contributed by atoms with van der Waals surface area (Å²) in [4.78, 5) is 28.1. The molecule has 0 aliphatic carbocycles. The normalized spacial score (nSPS) is 16.2. The van der Waals surface area contributed by atoms with Crippen molar-refractivity contribution in [1.29, 1.82) is 0 Å². The van der Waals surface area contributed by atoms with Crippen molar-refractivity contribution in [3.63, 3.8) is 0 Å². The van der Waals surface area contributed by atoms with Gasteiger partial charge in [-0.1, -0.05) is 48.4 Å². The van der Waals surface area contributed by atoms with Crippen LogP contribution < -0.4 is 4.74 Å². The minimum Gasteiger partial charge on any atom is -0.494 e. The second kappa shape index (κ2) is 13.0. The summed E-state index contributed by atoms with van der Waals surface area (Å²) < 4.78 is 47.3. The second-order valence-electron chi connectivity index (χ2n) is 10.3. The van der Waals surface area contributed by atoms with Crippen LogP contribution in [0, 0.1) is 5.92 Å². The number of benzene rings is 2. The number of amides is 2. The molecule has 1 atom stereocenters. The predicted octanol–water partition coefficient (Wildman–Crippen LogP) is 6.06. The highest BCUT2D eigenvalue weighted by molar-refractivity contribution is 6.34. The van der Waals surface area contributed by atoms with Gasteiger partial charge in [-0.2, -0.15) is 13.2 Å². The second-order valence-corrected chi connectivity index (χ2v) is 10.7. The number of unbranched alkanes of at least 4 members (excludes halogenated alkanes) is 1. The maximum atomic E-state index is 13.8. The number of likely N-dealkylation sites (tertiary alicyclic amines) is 1. The predicted molar refractivity (Wildman–Crippen MR) is 144 cm³/mol. The molecule has 6 nitrogen and oxygen atoms in total. The number of halogens is 4. The van der Waals surface area contributed by atoms with Crippen LogP contribution in [-0.4, -0.2) is 65.7 Å². The number of piperidine rings is 1. The first kappa shape index (κ1) is 30.8. The Morgan fingerprint density at radius 2 is 1.74 bits per heavy atom. The van der Waals surface area contributed by atoms with E-state index in [0.29, 0.717) is 35.8 Å². The summed E-state index contributed by atoms with van der Waals surface area (Å²) in [5, 5.41) is 10.9. The number of carbonyl (C=O) groups is 2. The van der Waals surface area contributed by atoms with Gasteiger partial charge in [-0.05, 0) is 63.6 Å². The van der Waals surface area contributed by atoms with Gasteiger partial charge in [-0.3, -0.25) is 9.59 Å². The number of aliphatic hydroxyl groups is 1. The highest BCUT2D eigenvalue weighted by Crippen LogP contribution is 2.41. The van der Waals surface area contributed by atoms with Crippen LogP contribution in [0.3, 0.4) is 0 Å². The molecule has 0 spiro atoms. The Labute approximate surface area is 232 Å². The molecule has 10 heteroatoms. The van der Waals surface area contributed by atoms with E-state index in [4.69, 9.17) is 16.3 Å². The summed E-state index contributed by atoms with van der Waals surface area (Å²) in [5.74, 6) is -0.624. The third-order valence-electron chi connectivity index (χ3n) is 7.35. The van der Waals surface area contributed by atoms with Crippen molar-refractivity contribution in [3.8, 4) is 5.75 Å². The minimum atomic E-state index is -5.13. The zero-order chi connectivity index (χ0) is 28.8. The number of carbonyl (C=O) groups excluding carboxylic acids is 2. The van der Waals surface area contributed by atoms with Crippen LogP contribution in [0.4, 0.5) is 13.2 Å². The van der Waals surface area contributed by atoms with Gasteiger partial charge < -0.3 is 19.6 Å². The molecule has 39 heavy (non-hydrogen) atoms. The summed E-state index contributed by atoms with van der Waals surface area (Å²) >= 11 is 6.30. The number of rotatable bonds is 10. The lowest BCUT2D eigenvalue weighted by Gasteiger charge is -2.38. The highest BCUT2D eigenvalue weighted by atomic mass is 35.5. The zero-order valence-electron chi connectivity index (χ0n) is 22.5. The molecular formula is C29H36ClF3N2O4. The molecule has 0 radical (unpaired) electrons. The Bertz CT molecular complexity index is 1120. The van der Waals surface area contributed by atoms with Crippen molar-refractivity contribution in [3.05, 3.63) is 64.7 Å². The van der Waals surface area contributed by atoms with Crippen LogP contribution in [-0.2, 0) is 10.4 Å². The van der Waals surface area contributed by atoms with Crippen LogP contribution in [0.15, 0.2) is 48.5 Å². The molecule has 3 rings (SSSR count). The lowest BCUT2D eigenvalue weighted by atomic mass is 9.88. The summed E-state index contributed by atoms with van der Waals surface area (Å²) in [7, 11) is 1.72. The van der Waals surface area contributed by atoms with Gasteiger partial charge >= 0.3 is 6.18 Å². The molecule has 1 heterocycles. The SMILES string of the molecule is CC(C)N(C)C(=O)c1ccc(OCCCCC2CCN(C(=O)[C@](O)(c3ccccc3)C(F)(F)F)CC2)cc1Cl. The Balaban J connectivity index is 1.43. The van der Waals surface area contributed by atoms with E-state index in [2.05, 4.69) is 0 Å². The van der Waals surface area contributed by atoms with E-state index in [0.717, 1.165) is 36.3 Å². The summed E-state index contributed by atoms with van der Waals surface area (Å²) in [5.41, 5.74) is -3.62. The van der Waals surface area contributed by atoms with Crippen molar-refractivity contribution >= 4 is 23.4 Å². The molecule has 2 aromatic carbocycles. The van der Waals surface area contributed by atoms with Crippen LogP contribution in [0.5, 0.6) is 5.75 Å². The van der Waals surface area contributed by atoms with Crippen molar-refractivity contribution < 1.29 is 32.6 Å². The Morgan fingerprint density at radius 3 is 2.31 bits per heavy atom. The number of hydrogen-bond donors (Lipinski definition) is 1. The topological polar surface area (TPSA) is 70.1 Å². The van der Waals surface area contributed by atoms with Gasteiger partial charge in [0.2, 0.25) is 0 Å². The fourth-order valence-electron chi connectivity index (χ4n) is 4.65. The van der Waals surface area contributed by atoms with E-state index in [9.17, 15) is 27.9 Å². The third-order valence-corrected chi connectivity index (χ3v) is 7.67. The fourth-order valence-corrected chi connectivity index (χ4v) is 4.90. The average Bonchev–Trinajstić information content (AvgIpc) is 2.91. The van der Waals surface area contributed by atoms with E-state index in [1.54, 1.807) is 30.1 Å². The molecule has 1 saturated heterocycles. The van der Waals surface area contributed by atoms with Gasteiger partial charge in [0, 0.05) is 31.7 Å². The molecule has 214 valence electrons. The summed E-state index contributed by atoms with van der Waals surface area (Å²) in [6.45, 7) is 4.64. The standard InChI is InChI=1S/C29H36ClF3N2O4/c1-20(2)34(3)26(36)24-13-12-23(19-25(24)30)39-18-8-7-9-21-14-16-35(17-15-21)27(37)28(38,29(31,32)33)22-10-5-4-6-11-22/h4-6,10-13,19-21,38H,7-9,14-18H2,1-3H3/t28-/m1/s1. The smallest absolute Gasteiger partial charge is 0.430 e. The highest BCUT2D eigenvalue weighted by Gasteiger charge is 2.62. The van der Waals surface area contributed by atoms with Gasteiger partial charge in [0.15, 0.2) is 0 Å². The van der Waals surface area contributed by atoms with Crippen molar-refractivity contribution in [2.75, 3.05) is 26.7 Å². The molecule has 0 bridgehead atoms. The minimum absolute atomic E-state index is 0.0506. The molecule has 2 amide bonds. The quantitative estimate of drug-likeness (QED) is 0.354. The Kier molecular flexibility index (Phi) is 10.3. The number of hydrogen-bond acceptors (Lipinski definition) is 4. The van der Waals surface area contributed by atoms with Crippen LogP contribution in [0.25, 0.3) is 0 Å². The van der Waals surface area contributed by atoms with Gasteiger partial charge in [0.05, 0.1) is 17.2 Å². The fraction of sp³-hybridized carbons (Fsp3) is 0.517. The monoisotopic (exact) mass is 568 g/mol. The third kappa shape index (κ3) is 7.25. The van der Waals surface area contributed by atoms with Crippen molar-refractivity contribution in [1.82, 2.24) is 9.80 Å². The van der Waals surface area contributed by atoms with Crippen molar-refractivity contribution in [2.45, 2.75) is 63.8 Å². The first-order valence-corrected chi connectivity index (χ1v) is 13.6. The molecule has 1 aliphatic heterocycles. The molecule has 0 unspecified atom stereocenters. The Hall–Kier alpha value is -2.78. The summed E-state index contributed by atoms with van der Waals surface area (Å²) in [6.07, 6.45) is -1.49. The maximum absolute atomic E-state index is 13.8. The van der Waals surface area contributed by atoms with Crippen LogP contribution in [0.2, 0.25) is 5.02 Å². The lowest BCUT2D eigenvalue weighted by molar-refractivity contribution is -0.262. The van der Waals surface area contributed by atoms with Gasteiger partial charge in [0.25, 0.3) is 17.4 Å².